The number of amides is 1. The van der Waals surface area contributed by atoms with Crippen molar-refractivity contribution < 1.29 is 14.3 Å². The minimum absolute atomic E-state index is 0.192. The number of nitrogens with two attached hydrogens (primary N) is 1. The van der Waals surface area contributed by atoms with Gasteiger partial charge in [-0.05, 0) is 31.5 Å². The van der Waals surface area contributed by atoms with Gasteiger partial charge in [-0.2, -0.15) is 0 Å². The Kier molecular flexibility index (Phi) is 5.45. The van der Waals surface area contributed by atoms with Gasteiger partial charge in [-0.25, -0.2) is 0 Å². The van der Waals surface area contributed by atoms with Gasteiger partial charge in [0.15, 0.2) is 0 Å². The maximum Gasteiger partial charge on any atom is 0.231 e. The van der Waals surface area contributed by atoms with E-state index in [1.54, 1.807) is 14.2 Å². The van der Waals surface area contributed by atoms with Crippen LogP contribution >= 0.6 is 0 Å². The highest BCUT2D eigenvalue weighted by molar-refractivity contribution is 5.75. The van der Waals surface area contributed by atoms with E-state index in [-0.39, 0.29) is 12.5 Å². The third-order valence-corrected chi connectivity index (χ3v) is 2.73. The molecular weight excluding hydrogens is 232 g/mol. The quantitative estimate of drug-likeness (QED) is 0.698. The molecule has 100 valence electrons. The number of hydrogen-bond donors (Lipinski definition) is 2. The second-order valence-corrected chi connectivity index (χ2v) is 3.98. The zero-order valence-corrected chi connectivity index (χ0v) is 11.1. The summed E-state index contributed by atoms with van der Waals surface area (Å²) in [7, 11) is 3.28. The lowest BCUT2D eigenvalue weighted by atomic mass is 10.1. The van der Waals surface area contributed by atoms with Gasteiger partial charge >= 0.3 is 0 Å². The second kappa shape index (κ2) is 6.86. The van der Waals surface area contributed by atoms with Crippen LogP contribution < -0.4 is 20.5 Å². The summed E-state index contributed by atoms with van der Waals surface area (Å²) in [6.07, 6.45) is 0.765. The molecule has 18 heavy (non-hydrogen) atoms. The van der Waals surface area contributed by atoms with Crippen molar-refractivity contribution in [3.8, 4) is 11.5 Å². The number of carbonyl (C=O) groups excluding carboxylic acids is 1. The molecule has 0 saturated heterocycles. The van der Waals surface area contributed by atoms with Crippen molar-refractivity contribution in [1.29, 1.82) is 0 Å². The summed E-state index contributed by atoms with van der Waals surface area (Å²) in [4.78, 5) is 10.6. The number of hydrogen-bond acceptors (Lipinski definition) is 4. The predicted octanol–water partition coefficient (Wildman–Crippen LogP) is 0.630. The van der Waals surface area contributed by atoms with Crippen LogP contribution in [0.15, 0.2) is 12.1 Å². The summed E-state index contributed by atoms with van der Waals surface area (Å²) in [5.74, 6) is 1.28. The van der Waals surface area contributed by atoms with Gasteiger partial charge in [0.05, 0.1) is 20.8 Å². The van der Waals surface area contributed by atoms with E-state index in [0.717, 1.165) is 29.0 Å². The number of rotatable bonds is 7. The maximum absolute atomic E-state index is 10.6. The van der Waals surface area contributed by atoms with Gasteiger partial charge in [0.25, 0.3) is 0 Å². The number of nitrogens with one attached hydrogen (secondary N) is 1. The smallest absolute Gasteiger partial charge is 0.231 e. The van der Waals surface area contributed by atoms with Gasteiger partial charge in [0.2, 0.25) is 5.91 Å². The molecule has 5 nitrogen and oxygen atoms in total. The molecule has 1 aromatic rings. The summed E-state index contributed by atoms with van der Waals surface area (Å²) in [6.45, 7) is 2.82. The summed E-state index contributed by atoms with van der Waals surface area (Å²) in [6, 6.07) is 3.89. The number of primary amides is 1. The molecule has 0 aromatic heterocycles. The van der Waals surface area contributed by atoms with Crippen LogP contribution in [-0.4, -0.2) is 33.2 Å². The molecule has 0 bridgehead atoms. The lowest BCUT2D eigenvalue weighted by Gasteiger charge is -2.14. The van der Waals surface area contributed by atoms with Gasteiger partial charge in [-0.3, -0.25) is 4.79 Å². The van der Waals surface area contributed by atoms with Crippen LogP contribution in [0, 0.1) is 6.92 Å². The standard InChI is InChI=1S/C13H20N2O3/c1-9-11(17-2)5-4-10(13(9)18-3)6-7-15-8-12(14)16/h4-5,15H,6-8H2,1-3H3,(H2,14,16). The van der Waals surface area contributed by atoms with Gasteiger partial charge < -0.3 is 20.5 Å². The van der Waals surface area contributed by atoms with Crippen molar-refractivity contribution in [2.45, 2.75) is 13.3 Å². The Hall–Kier alpha value is -1.75. The van der Waals surface area contributed by atoms with Crippen LogP contribution in [0.2, 0.25) is 0 Å². The first-order valence-corrected chi connectivity index (χ1v) is 5.79. The predicted molar refractivity (Wildman–Crippen MR) is 70.1 cm³/mol. The van der Waals surface area contributed by atoms with E-state index in [1.807, 2.05) is 19.1 Å². The van der Waals surface area contributed by atoms with Crippen molar-refractivity contribution >= 4 is 5.91 Å². The van der Waals surface area contributed by atoms with Gasteiger partial charge in [-0.15, -0.1) is 0 Å². The topological polar surface area (TPSA) is 73.6 Å². The summed E-state index contributed by atoms with van der Waals surface area (Å²) >= 11 is 0. The molecule has 0 heterocycles. The fourth-order valence-electron chi connectivity index (χ4n) is 1.87. The molecule has 0 aliphatic carbocycles. The van der Waals surface area contributed by atoms with Crippen LogP contribution in [0.3, 0.4) is 0 Å². The molecule has 0 atom stereocenters. The number of methoxy groups -OCH3 is 2. The van der Waals surface area contributed by atoms with Crippen molar-refractivity contribution in [2.24, 2.45) is 5.73 Å². The summed E-state index contributed by atoms with van der Waals surface area (Å²) in [5.41, 5.74) is 7.10. The molecule has 0 saturated carbocycles. The fourth-order valence-corrected chi connectivity index (χ4v) is 1.87. The molecule has 0 radical (unpaired) electrons. The van der Waals surface area contributed by atoms with Crippen LogP contribution in [0.5, 0.6) is 11.5 Å². The maximum atomic E-state index is 10.6. The highest BCUT2D eigenvalue weighted by Gasteiger charge is 2.10. The Morgan fingerprint density at radius 2 is 2.06 bits per heavy atom. The van der Waals surface area contributed by atoms with Crippen molar-refractivity contribution in [3.63, 3.8) is 0 Å². The minimum atomic E-state index is -0.354. The number of benzene rings is 1. The molecule has 1 amide bonds. The largest absolute Gasteiger partial charge is 0.496 e. The molecule has 5 heteroatoms. The van der Waals surface area contributed by atoms with Crippen LogP contribution in [0.25, 0.3) is 0 Å². The lowest BCUT2D eigenvalue weighted by Crippen LogP contribution is -2.29. The average molecular weight is 252 g/mol. The van der Waals surface area contributed by atoms with Gasteiger partial charge in [0.1, 0.15) is 11.5 Å². The second-order valence-electron chi connectivity index (χ2n) is 3.98. The molecule has 0 aliphatic rings. The van der Waals surface area contributed by atoms with E-state index in [1.165, 1.54) is 0 Å². The fraction of sp³-hybridized carbons (Fsp3) is 0.462. The zero-order valence-electron chi connectivity index (χ0n) is 11.1. The number of carbonyl (C=O) groups is 1. The van der Waals surface area contributed by atoms with E-state index in [2.05, 4.69) is 5.32 Å². The first-order chi connectivity index (χ1) is 8.60. The lowest BCUT2D eigenvalue weighted by molar-refractivity contribution is -0.117. The van der Waals surface area contributed by atoms with E-state index in [0.29, 0.717) is 6.54 Å². The van der Waals surface area contributed by atoms with E-state index in [4.69, 9.17) is 15.2 Å². The highest BCUT2D eigenvalue weighted by Crippen LogP contribution is 2.31. The molecule has 0 spiro atoms. The van der Waals surface area contributed by atoms with Crippen LogP contribution in [0.1, 0.15) is 11.1 Å². The summed E-state index contributed by atoms with van der Waals surface area (Å²) in [5, 5.41) is 2.97. The van der Waals surface area contributed by atoms with Crippen molar-refractivity contribution in [3.05, 3.63) is 23.3 Å². The third kappa shape index (κ3) is 3.63. The summed E-state index contributed by atoms with van der Waals surface area (Å²) < 4.78 is 10.6. The first-order valence-electron chi connectivity index (χ1n) is 5.79. The average Bonchev–Trinajstić information content (AvgIpc) is 2.34. The van der Waals surface area contributed by atoms with Crippen molar-refractivity contribution in [1.82, 2.24) is 5.32 Å². The molecular formula is C13H20N2O3. The minimum Gasteiger partial charge on any atom is -0.496 e. The molecule has 1 rings (SSSR count). The monoisotopic (exact) mass is 252 g/mol. The molecule has 3 N–H and O–H groups in total. The molecule has 1 aromatic carbocycles. The normalized spacial score (nSPS) is 10.2. The van der Waals surface area contributed by atoms with Gasteiger partial charge in [0, 0.05) is 5.56 Å². The number of ether oxygens (including phenoxy) is 2. The Balaban J connectivity index is 2.71. The van der Waals surface area contributed by atoms with Crippen molar-refractivity contribution in [2.75, 3.05) is 27.3 Å². The SMILES string of the molecule is COc1ccc(CCNCC(N)=O)c(OC)c1C. The Morgan fingerprint density at radius 1 is 1.33 bits per heavy atom. The van der Waals surface area contributed by atoms with E-state index < -0.39 is 0 Å². The van der Waals surface area contributed by atoms with Gasteiger partial charge in [-0.1, -0.05) is 6.07 Å². The van der Waals surface area contributed by atoms with E-state index >= 15 is 0 Å². The highest BCUT2D eigenvalue weighted by atomic mass is 16.5. The van der Waals surface area contributed by atoms with Crippen LogP contribution in [-0.2, 0) is 11.2 Å². The zero-order chi connectivity index (χ0) is 13.5. The Bertz CT molecular complexity index is 419. The third-order valence-electron chi connectivity index (χ3n) is 2.73. The first kappa shape index (κ1) is 14.3. The van der Waals surface area contributed by atoms with Crippen LogP contribution in [0.4, 0.5) is 0 Å². The molecule has 0 aliphatic heterocycles. The Morgan fingerprint density at radius 3 is 2.61 bits per heavy atom. The Labute approximate surface area is 107 Å². The molecule has 0 fully saturated rings. The van der Waals surface area contributed by atoms with E-state index in [9.17, 15) is 4.79 Å². The molecule has 0 unspecified atom stereocenters.